The Morgan fingerprint density at radius 3 is 2.65 bits per heavy atom. The van der Waals surface area contributed by atoms with Crippen molar-refractivity contribution in [2.75, 3.05) is 31.6 Å². The third-order valence-corrected chi connectivity index (χ3v) is 5.41. The lowest BCUT2D eigenvalue weighted by atomic mass is 10.1. The summed E-state index contributed by atoms with van der Waals surface area (Å²) in [4.78, 5) is 10.5. The summed E-state index contributed by atoms with van der Waals surface area (Å²) in [5.74, 6) is -0.368. The summed E-state index contributed by atoms with van der Waals surface area (Å²) >= 11 is 0. The number of rotatable bonds is 5. The van der Waals surface area contributed by atoms with Crippen LogP contribution in [0.25, 0.3) is 10.9 Å². The van der Waals surface area contributed by atoms with E-state index >= 15 is 0 Å². The summed E-state index contributed by atoms with van der Waals surface area (Å²) in [5.41, 5.74) is 2.24. The van der Waals surface area contributed by atoms with Gasteiger partial charge in [0.15, 0.2) is 5.96 Å². The Balaban J connectivity index is 0.00000272. The zero-order valence-corrected chi connectivity index (χ0v) is 19.6. The maximum Gasteiger partial charge on any atom is 0.191 e. The Morgan fingerprint density at radius 1 is 1.13 bits per heavy atom. The third-order valence-electron chi connectivity index (χ3n) is 5.41. The molecule has 2 heterocycles. The van der Waals surface area contributed by atoms with Crippen molar-refractivity contribution in [3.63, 3.8) is 0 Å². The number of halogens is 3. The lowest BCUT2D eigenvalue weighted by Gasteiger charge is -2.21. The second kappa shape index (κ2) is 10.7. The van der Waals surface area contributed by atoms with Gasteiger partial charge in [-0.1, -0.05) is 30.3 Å². The predicted molar refractivity (Wildman–Crippen MR) is 132 cm³/mol. The fourth-order valence-corrected chi connectivity index (χ4v) is 3.95. The van der Waals surface area contributed by atoms with Gasteiger partial charge in [-0.15, -0.1) is 24.0 Å². The minimum absolute atomic E-state index is 0. The molecule has 5 nitrogen and oxygen atoms in total. The Hall–Kier alpha value is -2.49. The van der Waals surface area contributed by atoms with Crippen LogP contribution < -0.4 is 15.5 Å². The molecule has 0 aliphatic carbocycles. The number of aliphatic imine (C=N–C) groups is 1. The van der Waals surface area contributed by atoms with Crippen LogP contribution in [0.3, 0.4) is 0 Å². The predicted octanol–water partition coefficient (Wildman–Crippen LogP) is 4.12. The summed E-state index contributed by atoms with van der Waals surface area (Å²) in [6.45, 7) is 1.81. The first-order valence-electron chi connectivity index (χ1n) is 10.1. The first-order valence-corrected chi connectivity index (χ1v) is 10.1. The van der Waals surface area contributed by atoms with Crippen molar-refractivity contribution in [1.82, 2.24) is 15.6 Å². The number of fused-ring (bicyclic) bond motifs is 1. The summed E-state index contributed by atoms with van der Waals surface area (Å²) in [6, 6.07) is 14.2. The molecular formula is C23H26F2IN5. The van der Waals surface area contributed by atoms with E-state index in [0.29, 0.717) is 25.6 Å². The van der Waals surface area contributed by atoms with Crippen molar-refractivity contribution in [2.45, 2.75) is 18.9 Å². The van der Waals surface area contributed by atoms with Crippen molar-refractivity contribution < 1.29 is 8.78 Å². The normalized spacial score (nSPS) is 16.3. The second-order valence-corrected chi connectivity index (χ2v) is 7.39. The molecule has 0 spiro atoms. The molecule has 3 aromatic rings. The topological polar surface area (TPSA) is 52.6 Å². The number of hydrogen-bond acceptors (Lipinski definition) is 3. The van der Waals surface area contributed by atoms with Gasteiger partial charge in [0.25, 0.3) is 0 Å². The number of nitrogens with one attached hydrogen (secondary N) is 2. The van der Waals surface area contributed by atoms with Crippen LogP contribution in [-0.2, 0) is 6.42 Å². The highest BCUT2D eigenvalue weighted by atomic mass is 127. The highest BCUT2D eigenvalue weighted by Crippen LogP contribution is 2.26. The number of pyridine rings is 1. The molecule has 164 valence electrons. The van der Waals surface area contributed by atoms with E-state index in [1.807, 2.05) is 18.3 Å². The third kappa shape index (κ3) is 5.41. The quantitative estimate of drug-likeness (QED) is 0.292. The molecule has 0 bridgehead atoms. The first-order chi connectivity index (χ1) is 14.7. The second-order valence-electron chi connectivity index (χ2n) is 7.39. The standard InChI is InChI=1S/C23H25F2N5.HI/c1-26-23(28-13-10-17-6-2-5-16-7-4-12-27-21(16)17)29-18-11-14-30(15-18)22-19(24)8-3-9-20(22)25;/h2-9,12,18H,10-11,13-15H2,1H3,(H2,26,28,29);1H. The fourth-order valence-electron chi connectivity index (χ4n) is 3.95. The van der Waals surface area contributed by atoms with Gasteiger partial charge in [-0.2, -0.15) is 0 Å². The molecule has 1 saturated heterocycles. The minimum Gasteiger partial charge on any atom is -0.365 e. The van der Waals surface area contributed by atoms with Crippen molar-refractivity contribution in [3.8, 4) is 0 Å². The highest BCUT2D eigenvalue weighted by molar-refractivity contribution is 14.0. The van der Waals surface area contributed by atoms with Gasteiger partial charge in [-0.25, -0.2) is 8.78 Å². The number of nitrogens with zero attached hydrogens (tertiary/aromatic N) is 3. The number of anilines is 1. The van der Waals surface area contributed by atoms with Gasteiger partial charge in [0, 0.05) is 44.3 Å². The number of para-hydroxylation sites is 2. The molecule has 2 N–H and O–H groups in total. The van der Waals surface area contributed by atoms with E-state index in [1.165, 1.54) is 23.8 Å². The summed E-state index contributed by atoms with van der Waals surface area (Å²) in [5, 5.41) is 7.82. The Bertz CT molecular complexity index is 1030. The van der Waals surface area contributed by atoms with Crippen LogP contribution in [-0.4, -0.2) is 43.7 Å². The molecule has 1 aromatic heterocycles. The Labute approximate surface area is 198 Å². The van der Waals surface area contributed by atoms with E-state index in [1.54, 1.807) is 11.9 Å². The van der Waals surface area contributed by atoms with Gasteiger partial charge in [0.05, 0.1) is 5.52 Å². The monoisotopic (exact) mass is 537 g/mol. The molecule has 8 heteroatoms. The molecule has 0 radical (unpaired) electrons. The first kappa shape index (κ1) is 23.2. The van der Waals surface area contributed by atoms with E-state index in [9.17, 15) is 8.78 Å². The van der Waals surface area contributed by atoms with Crippen LogP contribution in [0.15, 0.2) is 59.7 Å². The smallest absolute Gasteiger partial charge is 0.191 e. The lowest BCUT2D eigenvalue weighted by molar-refractivity contribution is 0.576. The summed E-state index contributed by atoms with van der Waals surface area (Å²) in [6.07, 6.45) is 3.40. The largest absolute Gasteiger partial charge is 0.365 e. The number of aromatic nitrogens is 1. The number of hydrogen-bond donors (Lipinski definition) is 2. The van der Waals surface area contributed by atoms with Crippen LogP contribution in [0, 0.1) is 11.6 Å². The molecule has 1 unspecified atom stereocenters. The molecule has 31 heavy (non-hydrogen) atoms. The van der Waals surface area contributed by atoms with Crippen LogP contribution in [0.5, 0.6) is 0 Å². The summed E-state index contributed by atoms with van der Waals surface area (Å²) < 4.78 is 28.1. The van der Waals surface area contributed by atoms with E-state index in [-0.39, 0.29) is 35.7 Å². The average molecular weight is 537 g/mol. The van der Waals surface area contributed by atoms with Gasteiger partial charge in [0.1, 0.15) is 17.3 Å². The van der Waals surface area contributed by atoms with Crippen LogP contribution in [0.1, 0.15) is 12.0 Å². The molecule has 1 fully saturated rings. The van der Waals surface area contributed by atoms with Gasteiger partial charge in [-0.3, -0.25) is 9.98 Å². The number of guanidine groups is 1. The molecule has 4 rings (SSSR count). The van der Waals surface area contributed by atoms with Crippen LogP contribution in [0.4, 0.5) is 14.5 Å². The van der Waals surface area contributed by atoms with Gasteiger partial charge >= 0.3 is 0 Å². The van der Waals surface area contributed by atoms with E-state index in [0.717, 1.165) is 23.7 Å². The Morgan fingerprint density at radius 2 is 1.87 bits per heavy atom. The lowest BCUT2D eigenvalue weighted by Crippen LogP contribution is -2.45. The maximum atomic E-state index is 14.1. The molecule has 1 aliphatic heterocycles. The van der Waals surface area contributed by atoms with E-state index < -0.39 is 11.6 Å². The highest BCUT2D eigenvalue weighted by Gasteiger charge is 2.27. The Kier molecular flexibility index (Phi) is 8.00. The zero-order valence-electron chi connectivity index (χ0n) is 17.3. The van der Waals surface area contributed by atoms with Crippen LogP contribution in [0.2, 0.25) is 0 Å². The van der Waals surface area contributed by atoms with Crippen molar-refractivity contribution in [1.29, 1.82) is 0 Å². The fraction of sp³-hybridized carbons (Fsp3) is 0.304. The van der Waals surface area contributed by atoms with Crippen LogP contribution >= 0.6 is 24.0 Å². The molecule has 1 aliphatic rings. The zero-order chi connectivity index (χ0) is 20.9. The molecule has 0 amide bonds. The SMILES string of the molecule is CN=C(NCCc1cccc2cccnc12)NC1CCN(c2c(F)cccc2F)C1.I. The molecular weight excluding hydrogens is 511 g/mol. The van der Waals surface area contributed by atoms with Crippen molar-refractivity contribution in [3.05, 3.63) is 71.9 Å². The number of benzene rings is 2. The van der Waals surface area contributed by atoms with E-state index in [2.05, 4.69) is 38.8 Å². The van der Waals surface area contributed by atoms with Gasteiger partial charge in [-0.05, 0) is 36.6 Å². The van der Waals surface area contributed by atoms with Crippen molar-refractivity contribution >= 4 is 46.5 Å². The summed E-state index contributed by atoms with van der Waals surface area (Å²) in [7, 11) is 1.72. The van der Waals surface area contributed by atoms with E-state index in [4.69, 9.17) is 0 Å². The molecule has 0 saturated carbocycles. The van der Waals surface area contributed by atoms with Gasteiger partial charge < -0.3 is 15.5 Å². The van der Waals surface area contributed by atoms with Gasteiger partial charge in [0.2, 0.25) is 0 Å². The average Bonchev–Trinajstić information content (AvgIpc) is 3.21. The minimum atomic E-state index is -0.526. The molecule has 1 atom stereocenters. The maximum absolute atomic E-state index is 14.1. The van der Waals surface area contributed by atoms with Crippen molar-refractivity contribution in [2.24, 2.45) is 4.99 Å². The molecule has 2 aromatic carbocycles.